The highest BCUT2D eigenvalue weighted by Crippen LogP contribution is 2.27. The Labute approximate surface area is 106 Å². The zero-order valence-corrected chi connectivity index (χ0v) is 10.4. The van der Waals surface area contributed by atoms with Gasteiger partial charge in [0.05, 0.1) is 16.1 Å². The van der Waals surface area contributed by atoms with Crippen molar-refractivity contribution in [2.24, 2.45) is 5.92 Å². The highest BCUT2D eigenvalue weighted by Gasteiger charge is 2.26. The van der Waals surface area contributed by atoms with E-state index in [1.165, 1.54) is 0 Å². The lowest BCUT2D eigenvalue weighted by atomic mass is 9.82. The van der Waals surface area contributed by atoms with Crippen molar-refractivity contribution in [3.05, 3.63) is 33.8 Å². The zero-order valence-electron chi connectivity index (χ0n) is 8.92. The molecule has 16 heavy (non-hydrogen) atoms. The molecule has 0 aliphatic heterocycles. The molecule has 0 radical (unpaired) electrons. The van der Waals surface area contributed by atoms with Gasteiger partial charge in [0.25, 0.3) is 0 Å². The van der Waals surface area contributed by atoms with Crippen molar-refractivity contribution in [2.75, 3.05) is 6.54 Å². The van der Waals surface area contributed by atoms with E-state index >= 15 is 0 Å². The maximum Gasteiger partial charge on any atom is 0.0637 e. The molecule has 0 atom stereocenters. The lowest BCUT2D eigenvalue weighted by Gasteiger charge is -2.31. The van der Waals surface area contributed by atoms with E-state index in [2.05, 4.69) is 5.32 Å². The first kappa shape index (κ1) is 12.2. The number of aliphatic hydroxyl groups is 1. The fraction of sp³-hybridized carbons (Fsp3) is 0.500. The maximum atomic E-state index is 9.15. The Morgan fingerprint density at radius 3 is 2.75 bits per heavy atom. The first-order valence-corrected chi connectivity index (χ1v) is 6.24. The predicted molar refractivity (Wildman–Crippen MR) is 66.9 cm³/mol. The van der Waals surface area contributed by atoms with Crippen LogP contribution in [0.3, 0.4) is 0 Å². The molecule has 2 nitrogen and oxygen atoms in total. The van der Waals surface area contributed by atoms with Gasteiger partial charge in [-0.2, -0.15) is 0 Å². The van der Waals surface area contributed by atoms with Gasteiger partial charge in [-0.25, -0.2) is 0 Å². The van der Waals surface area contributed by atoms with Gasteiger partial charge >= 0.3 is 0 Å². The second kappa shape index (κ2) is 5.37. The smallest absolute Gasteiger partial charge is 0.0637 e. The molecule has 2 N–H and O–H groups in total. The highest BCUT2D eigenvalue weighted by molar-refractivity contribution is 6.42. The second-order valence-corrected chi connectivity index (χ2v) is 5.12. The van der Waals surface area contributed by atoms with Gasteiger partial charge in [-0.3, -0.25) is 0 Å². The summed E-state index contributed by atoms with van der Waals surface area (Å²) >= 11 is 12.0. The van der Waals surface area contributed by atoms with Crippen molar-refractivity contribution in [1.29, 1.82) is 0 Å². The lowest BCUT2D eigenvalue weighted by molar-refractivity contribution is 0.0430. The van der Waals surface area contributed by atoms with Crippen LogP contribution in [0, 0.1) is 5.92 Å². The Hall–Kier alpha value is -0.280. The number of rotatable bonds is 4. The summed E-state index contributed by atoms with van der Waals surface area (Å²) in [5.41, 5.74) is 1.02. The third-order valence-corrected chi connectivity index (χ3v) is 3.85. The summed E-state index contributed by atoms with van der Waals surface area (Å²) in [6.45, 7) is 1.66. The molecule has 88 valence electrons. The van der Waals surface area contributed by atoms with Crippen LogP contribution in [0.1, 0.15) is 18.4 Å². The van der Waals surface area contributed by atoms with E-state index in [1.54, 1.807) is 6.07 Å². The molecule has 0 unspecified atom stereocenters. The molecule has 0 heterocycles. The first-order chi connectivity index (χ1) is 7.66. The molecule has 2 rings (SSSR count). The standard InChI is InChI=1S/C12H15Cl2NO/c13-11-3-1-2-9(12(11)14)7-15-6-8-4-10(16)5-8/h1-3,8,10,15-16H,4-7H2. The monoisotopic (exact) mass is 259 g/mol. The van der Waals surface area contributed by atoms with Crippen molar-refractivity contribution in [1.82, 2.24) is 5.32 Å². The number of hydrogen-bond donors (Lipinski definition) is 2. The molecule has 1 saturated carbocycles. The number of hydrogen-bond acceptors (Lipinski definition) is 2. The van der Waals surface area contributed by atoms with Gasteiger partial charge in [0.1, 0.15) is 0 Å². The van der Waals surface area contributed by atoms with Crippen LogP contribution in [0.4, 0.5) is 0 Å². The molecule has 1 fully saturated rings. The molecular weight excluding hydrogens is 245 g/mol. The van der Waals surface area contributed by atoms with E-state index in [1.807, 2.05) is 12.1 Å². The predicted octanol–water partition coefficient (Wildman–Crippen LogP) is 2.85. The molecule has 0 spiro atoms. The number of halogens is 2. The van der Waals surface area contributed by atoms with Gasteiger partial charge in [-0.1, -0.05) is 35.3 Å². The van der Waals surface area contributed by atoms with E-state index in [0.29, 0.717) is 16.0 Å². The van der Waals surface area contributed by atoms with Gasteiger partial charge in [-0.05, 0) is 36.9 Å². The Kier molecular flexibility index (Phi) is 4.09. The van der Waals surface area contributed by atoms with Crippen molar-refractivity contribution in [3.63, 3.8) is 0 Å². The van der Waals surface area contributed by atoms with Gasteiger partial charge in [0.15, 0.2) is 0 Å². The SMILES string of the molecule is OC1CC(CNCc2cccc(Cl)c2Cl)C1. The maximum absolute atomic E-state index is 9.15. The topological polar surface area (TPSA) is 32.3 Å². The van der Waals surface area contributed by atoms with Gasteiger partial charge in [-0.15, -0.1) is 0 Å². The number of benzene rings is 1. The molecule has 1 aliphatic carbocycles. The summed E-state index contributed by atoms with van der Waals surface area (Å²) in [7, 11) is 0. The van der Waals surface area contributed by atoms with E-state index in [-0.39, 0.29) is 6.10 Å². The van der Waals surface area contributed by atoms with Crippen LogP contribution in [0.5, 0.6) is 0 Å². The largest absolute Gasteiger partial charge is 0.393 e. The third kappa shape index (κ3) is 2.89. The summed E-state index contributed by atoms with van der Waals surface area (Å²) in [6, 6.07) is 5.66. The van der Waals surface area contributed by atoms with E-state index in [9.17, 15) is 0 Å². The average molecular weight is 260 g/mol. The normalized spacial score (nSPS) is 24.2. The number of nitrogens with one attached hydrogen (secondary N) is 1. The molecule has 0 aromatic heterocycles. The number of aliphatic hydroxyl groups excluding tert-OH is 1. The minimum atomic E-state index is -0.0819. The zero-order chi connectivity index (χ0) is 11.5. The molecule has 1 aromatic rings. The van der Waals surface area contributed by atoms with Crippen LogP contribution < -0.4 is 5.32 Å². The van der Waals surface area contributed by atoms with Crippen LogP contribution in [0.15, 0.2) is 18.2 Å². The van der Waals surface area contributed by atoms with Crippen LogP contribution in [-0.4, -0.2) is 17.8 Å². The Bertz CT molecular complexity index is 364. The van der Waals surface area contributed by atoms with Crippen LogP contribution in [0.25, 0.3) is 0 Å². The molecule has 0 bridgehead atoms. The summed E-state index contributed by atoms with van der Waals surface area (Å²) in [5.74, 6) is 0.605. The molecule has 0 amide bonds. The van der Waals surface area contributed by atoms with Gasteiger partial charge < -0.3 is 10.4 Å². The van der Waals surface area contributed by atoms with Crippen molar-refractivity contribution >= 4 is 23.2 Å². The van der Waals surface area contributed by atoms with Crippen LogP contribution >= 0.6 is 23.2 Å². The summed E-state index contributed by atoms with van der Waals surface area (Å²) in [6.07, 6.45) is 1.74. The van der Waals surface area contributed by atoms with E-state index in [4.69, 9.17) is 28.3 Å². The Morgan fingerprint density at radius 1 is 1.31 bits per heavy atom. The van der Waals surface area contributed by atoms with E-state index in [0.717, 1.165) is 31.5 Å². The molecule has 4 heteroatoms. The van der Waals surface area contributed by atoms with Crippen molar-refractivity contribution in [2.45, 2.75) is 25.5 Å². The third-order valence-electron chi connectivity index (χ3n) is 2.99. The summed E-state index contributed by atoms with van der Waals surface area (Å²) < 4.78 is 0. The van der Waals surface area contributed by atoms with E-state index < -0.39 is 0 Å². The minimum absolute atomic E-state index is 0.0819. The van der Waals surface area contributed by atoms with Crippen LogP contribution in [0.2, 0.25) is 10.0 Å². The fourth-order valence-electron chi connectivity index (χ4n) is 1.96. The lowest BCUT2D eigenvalue weighted by Crippen LogP contribution is -2.35. The van der Waals surface area contributed by atoms with Gasteiger partial charge in [0.2, 0.25) is 0 Å². The summed E-state index contributed by atoms with van der Waals surface area (Å²) in [4.78, 5) is 0. The second-order valence-electron chi connectivity index (χ2n) is 4.34. The quantitative estimate of drug-likeness (QED) is 0.872. The first-order valence-electron chi connectivity index (χ1n) is 5.48. The molecule has 0 saturated heterocycles. The van der Waals surface area contributed by atoms with Crippen molar-refractivity contribution in [3.8, 4) is 0 Å². The van der Waals surface area contributed by atoms with Gasteiger partial charge in [0, 0.05) is 6.54 Å². The minimum Gasteiger partial charge on any atom is -0.393 e. The molecule has 1 aromatic carbocycles. The molecule has 1 aliphatic rings. The Morgan fingerprint density at radius 2 is 2.06 bits per heavy atom. The fourth-order valence-corrected chi connectivity index (χ4v) is 2.35. The summed E-state index contributed by atoms with van der Waals surface area (Å²) in [5, 5.41) is 13.7. The van der Waals surface area contributed by atoms with Crippen molar-refractivity contribution < 1.29 is 5.11 Å². The Balaban J connectivity index is 1.79. The average Bonchev–Trinajstić information content (AvgIpc) is 2.21. The van der Waals surface area contributed by atoms with Crippen LogP contribution in [-0.2, 0) is 6.54 Å². The molecular formula is C12H15Cl2NO. The highest BCUT2D eigenvalue weighted by atomic mass is 35.5.